The number of nitrogens with one attached hydrogen (secondary N) is 4. The number of hydrogen-bond donors (Lipinski definition) is 5. The monoisotopic (exact) mass is 443 g/mol. The summed E-state index contributed by atoms with van der Waals surface area (Å²) in [5.74, 6) is 0.353. The van der Waals surface area contributed by atoms with Crippen molar-refractivity contribution in [1.29, 1.82) is 0 Å². The van der Waals surface area contributed by atoms with E-state index in [4.69, 9.17) is 10.5 Å². The Bertz CT molecular complexity index is 1360. The molecule has 0 aliphatic heterocycles. The van der Waals surface area contributed by atoms with Gasteiger partial charge in [-0.05, 0) is 42.5 Å². The van der Waals surface area contributed by atoms with E-state index in [9.17, 15) is 9.59 Å². The van der Waals surface area contributed by atoms with E-state index in [-0.39, 0.29) is 11.9 Å². The van der Waals surface area contributed by atoms with Gasteiger partial charge in [0.25, 0.3) is 5.91 Å². The van der Waals surface area contributed by atoms with Crippen molar-refractivity contribution in [2.24, 2.45) is 5.73 Å². The zero-order valence-electron chi connectivity index (χ0n) is 17.7. The number of fused-ring (bicyclic) bond motifs is 1. The molecule has 0 bridgehead atoms. The second-order valence-corrected chi connectivity index (χ2v) is 6.90. The van der Waals surface area contributed by atoms with E-state index in [1.54, 1.807) is 48.7 Å². The highest BCUT2D eigenvalue weighted by Gasteiger charge is 2.14. The van der Waals surface area contributed by atoms with Crippen molar-refractivity contribution in [3.63, 3.8) is 0 Å². The zero-order valence-corrected chi connectivity index (χ0v) is 17.7. The molecule has 0 aliphatic rings. The quantitative estimate of drug-likeness (QED) is 0.261. The fraction of sp³-hybridized carbons (Fsp3) is 0.0435. The molecular weight excluding hydrogens is 422 g/mol. The van der Waals surface area contributed by atoms with Crippen LogP contribution < -0.4 is 26.4 Å². The van der Waals surface area contributed by atoms with Gasteiger partial charge in [-0.3, -0.25) is 9.59 Å². The van der Waals surface area contributed by atoms with Crippen molar-refractivity contribution >= 4 is 51.7 Å². The molecule has 33 heavy (non-hydrogen) atoms. The van der Waals surface area contributed by atoms with Crippen molar-refractivity contribution < 1.29 is 14.3 Å². The number of methoxy groups -OCH3 is 1. The Kier molecular flexibility index (Phi) is 5.90. The van der Waals surface area contributed by atoms with E-state index in [1.165, 1.54) is 13.2 Å². The summed E-state index contributed by atoms with van der Waals surface area (Å²) in [7, 11) is 1.53. The third-order valence-electron chi connectivity index (χ3n) is 4.76. The van der Waals surface area contributed by atoms with E-state index < -0.39 is 5.91 Å². The maximum atomic E-state index is 11.8. The topological polar surface area (TPSA) is 147 Å². The van der Waals surface area contributed by atoms with E-state index in [2.05, 4.69) is 37.5 Å². The lowest BCUT2D eigenvalue weighted by molar-refractivity contribution is -0.111. The molecule has 4 aromatic rings. The normalized spacial score (nSPS) is 10.5. The van der Waals surface area contributed by atoms with Gasteiger partial charge in [0.15, 0.2) is 0 Å². The molecule has 10 nitrogen and oxygen atoms in total. The predicted octanol–water partition coefficient (Wildman–Crippen LogP) is 3.68. The third-order valence-corrected chi connectivity index (χ3v) is 4.76. The molecule has 2 heterocycles. The van der Waals surface area contributed by atoms with Gasteiger partial charge in [-0.25, -0.2) is 0 Å². The molecule has 0 fully saturated rings. The van der Waals surface area contributed by atoms with E-state index in [0.717, 1.165) is 5.39 Å². The number of benzene rings is 2. The number of hydrogen-bond acceptors (Lipinski definition) is 7. The zero-order chi connectivity index (χ0) is 23.4. The largest absolute Gasteiger partial charge is 0.495 e. The number of primary amides is 1. The van der Waals surface area contributed by atoms with Gasteiger partial charge in [0.1, 0.15) is 17.2 Å². The number of nitrogens with two attached hydrogens (primary N) is 1. The minimum atomic E-state index is -0.557. The lowest BCUT2D eigenvalue weighted by Gasteiger charge is -2.14. The summed E-state index contributed by atoms with van der Waals surface area (Å²) in [6.07, 6.45) is 2.92. The summed E-state index contributed by atoms with van der Waals surface area (Å²) < 4.78 is 5.42. The van der Waals surface area contributed by atoms with Crippen LogP contribution in [-0.4, -0.2) is 33.9 Å². The second kappa shape index (κ2) is 9.10. The van der Waals surface area contributed by atoms with Gasteiger partial charge in [-0.15, -0.1) is 0 Å². The summed E-state index contributed by atoms with van der Waals surface area (Å²) in [6.45, 7) is 3.45. The van der Waals surface area contributed by atoms with Crippen molar-refractivity contribution in [2.75, 3.05) is 23.1 Å². The van der Waals surface area contributed by atoms with E-state index >= 15 is 0 Å². The van der Waals surface area contributed by atoms with Crippen molar-refractivity contribution in [1.82, 2.24) is 15.0 Å². The number of H-pyrrole nitrogens is 1. The fourth-order valence-electron chi connectivity index (χ4n) is 3.22. The molecule has 2 amide bonds. The standard InChI is InChI=1S/C23H21N7O3/c1-3-19(31)26-13-8-9-18(33-2)17(12-13)28-23-29-21-15(10-11-25-21)22(30-23)27-16-7-5-4-6-14(16)20(24)32/h3-12H,1H2,2H3,(H2,24,32)(H,26,31)(H3,25,27,28,29,30). The highest BCUT2D eigenvalue weighted by Crippen LogP contribution is 2.32. The highest BCUT2D eigenvalue weighted by molar-refractivity contribution is 6.01. The maximum Gasteiger partial charge on any atom is 0.250 e. The molecule has 2 aromatic carbocycles. The number of rotatable bonds is 8. The Morgan fingerprint density at radius 1 is 1.09 bits per heavy atom. The van der Waals surface area contributed by atoms with Gasteiger partial charge >= 0.3 is 0 Å². The number of amides is 2. The minimum absolute atomic E-state index is 0.259. The molecule has 0 spiro atoms. The highest BCUT2D eigenvalue weighted by atomic mass is 16.5. The Labute approximate surface area is 188 Å². The number of carbonyl (C=O) groups is 2. The number of anilines is 5. The number of nitrogens with zero attached hydrogens (tertiary/aromatic N) is 2. The average molecular weight is 443 g/mol. The predicted molar refractivity (Wildman–Crippen MR) is 127 cm³/mol. The first-order valence-corrected chi connectivity index (χ1v) is 9.88. The summed E-state index contributed by atoms with van der Waals surface area (Å²) in [5.41, 5.74) is 8.00. The molecule has 0 saturated heterocycles. The smallest absolute Gasteiger partial charge is 0.250 e. The van der Waals surface area contributed by atoms with Gasteiger partial charge in [0.2, 0.25) is 11.9 Å². The van der Waals surface area contributed by atoms with Gasteiger partial charge in [0.05, 0.1) is 29.4 Å². The summed E-state index contributed by atoms with van der Waals surface area (Å²) in [5, 5.41) is 9.72. The van der Waals surface area contributed by atoms with Crippen molar-refractivity contribution in [2.45, 2.75) is 0 Å². The molecule has 0 radical (unpaired) electrons. The molecule has 0 aliphatic carbocycles. The van der Waals surface area contributed by atoms with Crippen LogP contribution in [0.1, 0.15) is 10.4 Å². The van der Waals surface area contributed by atoms with Crippen LogP contribution in [0.4, 0.5) is 28.8 Å². The summed E-state index contributed by atoms with van der Waals surface area (Å²) in [4.78, 5) is 35.6. The fourth-order valence-corrected chi connectivity index (χ4v) is 3.22. The van der Waals surface area contributed by atoms with Crippen molar-refractivity contribution in [3.8, 4) is 5.75 Å². The maximum absolute atomic E-state index is 11.8. The molecular formula is C23H21N7O3. The number of para-hydroxylation sites is 1. The van der Waals surface area contributed by atoms with Crippen LogP contribution in [0.2, 0.25) is 0 Å². The van der Waals surface area contributed by atoms with Crippen LogP contribution in [0, 0.1) is 0 Å². The average Bonchev–Trinajstić information content (AvgIpc) is 3.28. The molecule has 0 unspecified atom stereocenters. The first-order valence-electron chi connectivity index (χ1n) is 9.88. The minimum Gasteiger partial charge on any atom is -0.495 e. The Morgan fingerprint density at radius 3 is 2.67 bits per heavy atom. The van der Waals surface area contributed by atoms with Crippen LogP contribution in [0.5, 0.6) is 5.75 Å². The molecule has 2 aromatic heterocycles. The van der Waals surface area contributed by atoms with Crippen molar-refractivity contribution in [3.05, 3.63) is 72.9 Å². The number of aromatic amines is 1. The first-order chi connectivity index (χ1) is 16.0. The molecule has 0 saturated carbocycles. The Morgan fingerprint density at radius 2 is 1.91 bits per heavy atom. The SMILES string of the molecule is C=CC(=O)Nc1ccc(OC)c(Nc2nc(Nc3ccccc3C(N)=O)c3cc[nH]c3n2)c1. The van der Waals surface area contributed by atoms with Crippen LogP contribution in [0.25, 0.3) is 11.0 Å². The van der Waals surface area contributed by atoms with Gasteiger partial charge < -0.3 is 31.4 Å². The molecule has 10 heteroatoms. The van der Waals surface area contributed by atoms with E-state index in [1.807, 2.05) is 6.07 Å². The van der Waals surface area contributed by atoms with E-state index in [0.29, 0.717) is 39.8 Å². The molecule has 166 valence electrons. The third kappa shape index (κ3) is 4.59. The molecule has 0 atom stereocenters. The molecule has 4 rings (SSSR count). The van der Waals surface area contributed by atoms with Crippen LogP contribution in [0.15, 0.2) is 67.4 Å². The number of carbonyl (C=O) groups excluding carboxylic acids is 2. The molecule has 6 N–H and O–H groups in total. The van der Waals surface area contributed by atoms with Gasteiger partial charge in [-0.2, -0.15) is 9.97 Å². The Balaban J connectivity index is 1.72. The summed E-state index contributed by atoms with van der Waals surface area (Å²) >= 11 is 0. The number of aromatic nitrogens is 3. The van der Waals surface area contributed by atoms with Gasteiger partial charge in [-0.1, -0.05) is 18.7 Å². The van der Waals surface area contributed by atoms with Crippen LogP contribution in [0.3, 0.4) is 0 Å². The Hall–Kier alpha value is -4.86. The van der Waals surface area contributed by atoms with Crippen LogP contribution in [-0.2, 0) is 4.79 Å². The first kappa shape index (κ1) is 21.4. The second-order valence-electron chi connectivity index (χ2n) is 6.90. The number of ether oxygens (including phenoxy) is 1. The lowest BCUT2D eigenvalue weighted by atomic mass is 10.1. The van der Waals surface area contributed by atoms with Crippen LogP contribution >= 0.6 is 0 Å². The summed E-state index contributed by atoms with van der Waals surface area (Å²) in [6, 6.07) is 13.8. The lowest BCUT2D eigenvalue weighted by Crippen LogP contribution is -2.13. The van der Waals surface area contributed by atoms with Gasteiger partial charge in [0, 0.05) is 11.9 Å².